The van der Waals surface area contributed by atoms with E-state index in [1.54, 1.807) is 12.1 Å². The maximum absolute atomic E-state index is 11.2. The van der Waals surface area contributed by atoms with Crippen LogP contribution in [0.5, 0.6) is 5.88 Å². The Morgan fingerprint density at radius 3 is 2.68 bits per heavy atom. The van der Waals surface area contributed by atoms with Crippen molar-refractivity contribution in [1.82, 2.24) is 4.98 Å². The molecule has 0 amide bonds. The van der Waals surface area contributed by atoms with Gasteiger partial charge in [-0.2, -0.15) is 0 Å². The number of aliphatic hydroxyl groups is 1. The zero-order valence-electron chi connectivity index (χ0n) is 10.5. The standard InChI is InChI=1S/C13H13NO5/c1-17-11-6-3-8(7-14-11)12(15)9-4-5-10(19-9)13(16)18-2/h3-7,12,15H,1-2H3. The topological polar surface area (TPSA) is 81.8 Å². The molecule has 0 aliphatic carbocycles. The number of aromatic nitrogens is 1. The van der Waals surface area contributed by atoms with Crippen LogP contribution in [-0.2, 0) is 4.74 Å². The van der Waals surface area contributed by atoms with Crippen LogP contribution in [0.2, 0.25) is 0 Å². The molecular weight excluding hydrogens is 250 g/mol. The Morgan fingerprint density at radius 2 is 2.11 bits per heavy atom. The first-order chi connectivity index (χ1) is 9.15. The summed E-state index contributed by atoms with van der Waals surface area (Å²) in [6.07, 6.45) is 0.473. The van der Waals surface area contributed by atoms with E-state index >= 15 is 0 Å². The minimum absolute atomic E-state index is 0.0398. The third-order valence-electron chi connectivity index (χ3n) is 2.57. The number of furan rings is 1. The van der Waals surface area contributed by atoms with Crippen molar-refractivity contribution >= 4 is 5.97 Å². The predicted octanol–water partition coefficient (Wildman–Crippen LogP) is 1.55. The van der Waals surface area contributed by atoms with Crippen LogP contribution in [0.15, 0.2) is 34.9 Å². The summed E-state index contributed by atoms with van der Waals surface area (Å²) in [5, 5.41) is 10.1. The summed E-state index contributed by atoms with van der Waals surface area (Å²) in [4.78, 5) is 15.2. The van der Waals surface area contributed by atoms with Crippen molar-refractivity contribution < 1.29 is 23.8 Å². The van der Waals surface area contributed by atoms with Gasteiger partial charge in [0.2, 0.25) is 11.6 Å². The Bertz CT molecular complexity index is 561. The second kappa shape index (κ2) is 5.53. The number of ether oxygens (including phenoxy) is 2. The molecule has 0 aromatic carbocycles. The Balaban J connectivity index is 2.20. The molecule has 0 bridgehead atoms. The van der Waals surface area contributed by atoms with E-state index in [-0.39, 0.29) is 11.5 Å². The van der Waals surface area contributed by atoms with E-state index in [9.17, 15) is 9.90 Å². The fourth-order valence-electron chi connectivity index (χ4n) is 1.55. The number of carbonyl (C=O) groups excluding carboxylic acids is 1. The highest BCUT2D eigenvalue weighted by atomic mass is 16.5. The number of hydrogen-bond acceptors (Lipinski definition) is 6. The van der Waals surface area contributed by atoms with E-state index in [1.807, 2.05) is 0 Å². The molecule has 1 N–H and O–H groups in total. The maximum Gasteiger partial charge on any atom is 0.373 e. The summed E-state index contributed by atoms with van der Waals surface area (Å²) in [6, 6.07) is 6.25. The number of hydrogen-bond donors (Lipinski definition) is 1. The van der Waals surface area contributed by atoms with E-state index in [0.29, 0.717) is 11.4 Å². The van der Waals surface area contributed by atoms with E-state index in [4.69, 9.17) is 9.15 Å². The molecule has 2 aromatic heterocycles. The fourth-order valence-corrected chi connectivity index (χ4v) is 1.55. The van der Waals surface area contributed by atoms with Crippen molar-refractivity contribution in [1.29, 1.82) is 0 Å². The number of carbonyl (C=O) groups is 1. The average molecular weight is 263 g/mol. The summed E-state index contributed by atoms with van der Waals surface area (Å²) in [5.41, 5.74) is 0.534. The lowest BCUT2D eigenvalue weighted by atomic mass is 10.1. The van der Waals surface area contributed by atoms with Gasteiger partial charge in [0.1, 0.15) is 11.9 Å². The molecule has 100 valence electrons. The van der Waals surface area contributed by atoms with Crippen LogP contribution in [0.3, 0.4) is 0 Å². The predicted molar refractivity (Wildman–Crippen MR) is 64.9 cm³/mol. The van der Waals surface area contributed by atoms with Crippen LogP contribution in [0, 0.1) is 0 Å². The van der Waals surface area contributed by atoms with Crippen LogP contribution in [0.4, 0.5) is 0 Å². The third-order valence-corrected chi connectivity index (χ3v) is 2.57. The first kappa shape index (κ1) is 13.1. The lowest BCUT2D eigenvalue weighted by molar-refractivity contribution is 0.0558. The largest absolute Gasteiger partial charge is 0.481 e. The number of aliphatic hydroxyl groups excluding tert-OH is 1. The summed E-state index contributed by atoms with van der Waals surface area (Å²) in [7, 11) is 2.77. The molecule has 2 aromatic rings. The lowest BCUT2D eigenvalue weighted by Crippen LogP contribution is -2.01. The number of pyridine rings is 1. The van der Waals surface area contributed by atoms with E-state index in [2.05, 4.69) is 9.72 Å². The van der Waals surface area contributed by atoms with Crippen molar-refractivity contribution in [2.45, 2.75) is 6.10 Å². The second-order valence-corrected chi connectivity index (χ2v) is 3.73. The van der Waals surface area contributed by atoms with Gasteiger partial charge in [0.25, 0.3) is 0 Å². The number of rotatable bonds is 4. The second-order valence-electron chi connectivity index (χ2n) is 3.73. The first-order valence-corrected chi connectivity index (χ1v) is 5.51. The van der Waals surface area contributed by atoms with Gasteiger partial charge in [0.15, 0.2) is 0 Å². The molecule has 0 aliphatic heterocycles. The molecule has 1 atom stereocenters. The van der Waals surface area contributed by atoms with Gasteiger partial charge in [-0.3, -0.25) is 0 Å². The summed E-state index contributed by atoms with van der Waals surface area (Å²) < 4.78 is 14.7. The maximum atomic E-state index is 11.2. The minimum Gasteiger partial charge on any atom is -0.481 e. The fraction of sp³-hybridized carbons (Fsp3) is 0.231. The van der Waals surface area contributed by atoms with Gasteiger partial charge in [-0.05, 0) is 18.2 Å². The summed E-state index contributed by atoms with van der Waals surface area (Å²) in [6.45, 7) is 0. The molecular formula is C13H13NO5. The van der Waals surface area contributed by atoms with Gasteiger partial charge in [0.05, 0.1) is 14.2 Å². The molecule has 19 heavy (non-hydrogen) atoms. The minimum atomic E-state index is -1.00. The number of methoxy groups -OCH3 is 2. The van der Waals surface area contributed by atoms with E-state index in [1.165, 1.54) is 32.5 Å². The lowest BCUT2D eigenvalue weighted by Gasteiger charge is -2.08. The molecule has 6 nitrogen and oxygen atoms in total. The highest BCUT2D eigenvalue weighted by Crippen LogP contribution is 2.24. The normalized spacial score (nSPS) is 11.9. The first-order valence-electron chi connectivity index (χ1n) is 5.51. The smallest absolute Gasteiger partial charge is 0.373 e. The quantitative estimate of drug-likeness (QED) is 0.843. The molecule has 0 aliphatic rings. The molecule has 1 unspecified atom stereocenters. The van der Waals surface area contributed by atoms with Gasteiger partial charge >= 0.3 is 5.97 Å². The molecule has 0 radical (unpaired) electrons. The van der Waals surface area contributed by atoms with E-state index < -0.39 is 12.1 Å². The SMILES string of the molecule is COC(=O)c1ccc(C(O)c2ccc(OC)nc2)o1. The van der Waals surface area contributed by atoms with Crippen LogP contribution in [0.1, 0.15) is 28.0 Å². The Labute approximate surface area is 109 Å². The van der Waals surface area contributed by atoms with E-state index in [0.717, 1.165) is 0 Å². The van der Waals surface area contributed by atoms with Crippen molar-refractivity contribution in [3.05, 3.63) is 47.5 Å². The summed E-state index contributed by atoms with van der Waals surface area (Å²) in [5.74, 6) is 0.141. The highest BCUT2D eigenvalue weighted by Gasteiger charge is 2.18. The zero-order valence-corrected chi connectivity index (χ0v) is 10.5. The van der Waals surface area contributed by atoms with Gasteiger partial charge in [-0.15, -0.1) is 0 Å². The van der Waals surface area contributed by atoms with Crippen molar-refractivity contribution in [3.8, 4) is 5.88 Å². The Hall–Kier alpha value is -2.34. The van der Waals surface area contributed by atoms with Crippen LogP contribution < -0.4 is 4.74 Å². The van der Waals surface area contributed by atoms with Gasteiger partial charge in [0, 0.05) is 17.8 Å². The number of esters is 1. The average Bonchev–Trinajstić information content (AvgIpc) is 2.95. The molecule has 2 rings (SSSR count). The van der Waals surface area contributed by atoms with Crippen molar-refractivity contribution in [2.24, 2.45) is 0 Å². The third kappa shape index (κ3) is 2.74. The van der Waals surface area contributed by atoms with Gasteiger partial charge in [-0.1, -0.05) is 0 Å². The molecule has 0 spiro atoms. The van der Waals surface area contributed by atoms with Crippen LogP contribution >= 0.6 is 0 Å². The van der Waals surface area contributed by atoms with Gasteiger partial charge in [-0.25, -0.2) is 9.78 Å². The van der Waals surface area contributed by atoms with Crippen molar-refractivity contribution in [3.63, 3.8) is 0 Å². The molecule has 0 saturated carbocycles. The molecule has 0 saturated heterocycles. The molecule has 2 heterocycles. The zero-order chi connectivity index (χ0) is 13.8. The monoisotopic (exact) mass is 263 g/mol. The van der Waals surface area contributed by atoms with Gasteiger partial charge < -0.3 is 19.0 Å². The Kier molecular flexibility index (Phi) is 3.82. The number of nitrogens with zero attached hydrogens (tertiary/aromatic N) is 1. The van der Waals surface area contributed by atoms with Crippen LogP contribution in [-0.4, -0.2) is 30.3 Å². The Morgan fingerprint density at radius 1 is 1.32 bits per heavy atom. The van der Waals surface area contributed by atoms with Crippen LogP contribution in [0.25, 0.3) is 0 Å². The molecule has 6 heteroatoms. The summed E-state index contributed by atoms with van der Waals surface area (Å²) >= 11 is 0. The highest BCUT2D eigenvalue weighted by molar-refractivity contribution is 5.86. The molecule has 0 fully saturated rings. The van der Waals surface area contributed by atoms with Crippen molar-refractivity contribution in [2.75, 3.05) is 14.2 Å².